The van der Waals surface area contributed by atoms with Crippen molar-refractivity contribution < 1.29 is 0 Å². The largest absolute Gasteiger partial charge is 0.362 e. The van der Waals surface area contributed by atoms with Gasteiger partial charge in [0.25, 0.3) is 0 Å². The molecule has 0 aliphatic carbocycles. The monoisotopic (exact) mass is 159 g/mol. The Labute approximate surface area is 65.7 Å². The third kappa shape index (κ3) is 2.23. The van der Waals surface area contributed by atoms with E-state index in [9.17, 15) is 4.79 Å². The molecular formula is C7H10ClNO. The zero-order valence-electron chi connectivity index (χ0n) is 5.97. The summed E-state index contributed by atoms with van der Waals surface area (Å²) in [6, 6.07) is 3.15. The van der Waals surface area contributed by atoms with E-state index in [1.807, 2.05) is 13.8 Å². The number of aromatic nitrogens is 1. The molecule has 1 aromatic heterocycles. The first-order valence-electron chi connectivity index (χ1n) is 2.86. The summed E-state index contributed by atoms with van der Waals surface area (Å²) >= 11 is 0. The summed E-state index contributed by atoms with van der Waals surface area (Å²) < 4.78 is 0. The van der Waals surface area contributed by atoms with E-state index >= 15 is 0 Å². The second-order valence-corrected chi connectivity index (χ2v) is 2.18. The van der Waals surface area contributed by atoms with Crippen molar-refractivity contribution in [3.05, 3.63) is 33.7 Å². The zero-order valence-corrected chi connectivity index (χ0v) is 6.79. The predicted octanol–water partition coefficient (Wildman–Crippen LogP) is 1.41. The second-order valence-electron chi connectivity index (χ2n) is 2.18. The van der Waals surface area contributed by atoms with Gasteiger partial charge in [-0.2, -0.15) is 0 Å². The molecule has 0 saturated carbocycles. The van der Waals surface area contributed by atoms with Crippen molar-refractivity contribution in [1.29, 1.82) is 0 Å². The fraction of sp³-hybridized carbons (Fsp3) is 0.286. The minimum Gasteiger partial charge on any atom is -0.362 e. The first kappa shape index (κ1) is 9.24. The van der Waals surface area contributed by atoms with Gasteiger partial charge >= 0.3 is 0 Å². The van der Waals surface area contributed by atoms with Gasteiger partial charge in [0, 0.05) is 23.5 Å². The lowest BCUT2D eigenvalue weighted by Gasteiger charge is -1.92. The van der Waals surface area contributed by atoms with Gasteiger partial charge in [0.15, 0.2) is 5.43 Å². The smallest absolute Gasteiger partial charge is 0.182 e. The predicted molar refractivity (Wildman–Crippen MR) is 43.8 cm³/mol. The van der Waals surface area contributed by atoms with Crippen molar-refractivity contribution in [2.45, 2.75) is 13.8 Å². The Kier molecular flexibility index (Phi) is 3.16. The molecule has 0 atom stereocenters. The number of pyridine rings is 1. The van der Waals surface area contributed by atoms with Gasteiger partial charge in [-0.1, -0.05) is 0 Å². The third-order valence-corrected chi connectivity index (χ3v) is 1.11. The highest BCUT2D eigenvalue weighted by molar-refractivity contribution is 5.85. The fourth-order valence-corrected chi connectivity index (χ4v) is 0.852. The average Bonchev–Trinajstić information content (AvgIpc) is 1.59. The molecule has 0 aliphatic rings. The molecule has 10 heavy (non-hydrogen) atoms. The van der Waals surface area contributed by atoms with Crippen LogP contribution in [0.4, 0.5) is 0 Å². The van der Waals surface area contributed by atoms with E-state index in [2.05, 4.69) is 4.98 Å². The van der Waals surface area contributed by atoms with Crippen molar-refractivity contribution in [3.8, 4) is 0 Å². The first-order chi connectivity index (χ1) is 4.18. The molecule has 0 unspecified atom stereocenters. The molecule has 0 aromatic carbocycles. The summed E-state index contributed by atoms with van der Waals surface area (Å²) in [5, 5.41) is 0. The molecule has 0 bridgehead atoms. The number of aryl methyl sites for hydroxylation is 2. The standard InChI is InChI=1S/C7H9NO.ClH/c1-5-3-7(9)4-6(2)8-5;/h3-4H,1-2H3,(H,8,9);1H. The number of nitrogens with one attached hydrogen (secondary N) is 1. The second kappa shape index (κ2) is 3.42. The summed E-state index contributed by atoms with van der Waals surface area (Å²) in [4.78, 5) is 13.7. The quantitative estimate of drug-likeness (QED) is 0.610. The third-order valence-electron chi connectivity index (χ3n) is 1.11. The fourth-order valence-electron chi connectivity index (χ4n) is 0.852. The summed E-state index contributed by atoms with van der Waals surface area (Å²) in [6.45, 7) is 3.74. The number of hydrogen-bond donors (Lipinski definition) is 1. The van der Waals surface area contributed by atoms with E-state index in [-0.39, 0.29) is 17.8 Å². The van der Waals surface area contributed by atoms with Crippen LogP contribution in [-0.4, -0.2) is 4.98 Å². The van der Waals surface area contributed by atoms with Crippen LogP contribution in [0.1, 0.15) is 11.4 Å². The van der Waals surface area contributed by atoms with E-state index < -0.39 is 0 Å². The van der Waals surface area contributed by atoms with Gasteiger partial charge in [-0.05, 0) is 13.8 Å². The van der Waals surface area contributed by atoms with Crippen LogP contribution in [-0.2, 0) is 0 Å². The van der Waals surface area contributed by atoms with Gasteiger partial charge in [0.05, 0.1) is 0 Å². The maximum absolute atomic E-state index is 10.7. The minimum absolute atomic E-state index is 0. The molecule has 1 rings (SSSR count). The highest BCUT2D eigenvalue weighted by Crippen LogP contribution is 1.88. The van der Waals surface area contributed by atoms with E-state index in [4.69, 9.17) is 0 Å². The Morgan fingerprint density at radius 3 is 1.90 bits per heavy atom. The Balaban J connectivity index is 0.000000810. The summed E-state index contributed by atoms with van der Waals surface area (Å²) in [7, 11) is 0. The lowest BCUT2D eigenvalue weighted by Crippen LogP contribution is -2.00. The van der Waals surface area contributed by atoms with Crippen LogP contribution >= 0.6 is 12.4 Å². The maximum Gasteiger partial charge on any atom is 0.182 e. The lowest BCUT2D eigenvalue weighted by molar-refractivity contribution is 1.11. The van der Waals surface area contributed by atoms with Gasteiger partial charge in [0.1, 0.15) is 0 Å². The molecule has 0 aliphatic heterocycles. The average molecular weight is 160 g/mol. The summed E-state index contributed by atoms with van der Waals surface area (Å²) in [6.07, 6.45) is 0. The highest BCUT2D eigenvalue weighted by atomic mass is 35.5. The Morgan fingerprint density at radius 2 is 1.60 bits per heavy atom. The molecule has 3 heteroatoms. The van der Waals surface area contributed by atoms with Crippen molar-refractivity contribution in [2.75, 3.05) is 0 Å². The van der Waals surface area contributed by atoms with Crippen molar-refractivity contribution in [2.24, 2.45) is 0 Å². The minimum atomic E-state index is 0. The van der Waals surface area contributed by atoms with Crippen LogP contribution in [0, 0.1) is 13.8 Å². The van der Waals surface area contributed by atoms with Crippen LogP contribution in [0.3, 0.4) is 0 Å². The van der Waals surface area contributed by atoms with Crippen LogP contribution in [0.5, 0.6) is 0 Å². The normalized spacial score (nSPS) is 8.60. The lowest BCUT2D eigenvalue weighted by atomic mass is 10.3. The number of aromatic amines is 1. The van der Waals surface area contributed by atoms with E-state index in [1.54, 1.807) is 12.1 Å². The Hall–Kier alpha value is -0.760. The highest BCUT2D eigenvalue weighted by Gasteiger charge is 1.87. The number of H-pyrrole nitrogens is 1. The van der Waals surface area contributed by atoms with E-state index in [0.717, 1.165) is 11.4 Å². The van der Waals surface area contributed by atoms with Gasteiger partial charge in [-0.15, -0.1) is 12.4 Å². The van der Waals surface area contributed by atoms with E-state index in [0.29, 0.717) is 0 Å². The van der Waals surface area contributed by atoms with Crippen LogP contribution < -0.4 is 5.43 Å². The number of rotatable bonds is 0. The van der Waals surface area contributed by atoms with Gasteiger partial charge in [-0.3, -0.25) is 4.79 Å². The van der Waals surface area contributed by atoms with Crippen molar-refractivity contribution in [3.63, 3.8) is 0 Å². The van der Waals surface area contributed by atoms with Gasteiger partial charge < -0.3 is 4.98 Å². The van der Waals surface area contributed by atoms with Crippen LogP contribution in [0.15, 0.2) is 16.9 Å². The summed E-state index contributed by atoms with van der Waals surface area (Å²) in [5.74, 6) is 0. The molecule has 0 radical (unpaired) electrons. The molecule has 0 saturated heterocycles. The van der Waals surface area contributed by atoms with Crippen molar-refractivity contribution in [1.82, 2.24) is 4.98 Å². The molecule has 0 amide bonds. The molecule has 56 valence electrons. The topological polar surface area (TPSA) is 32.9 Å². The molecule has 0 spiro atoms. The van der Waals surface area contributed by atoms with E-state index in [1.165, 1.54) is 0 Å². The number of hydrogen-bond acceptors (Lipinski definition) is 1. The molecule has 2 nitrogen and oxygen atoms in total. The number of halogens is 1. The SMILES string of the molecule is Cc1cc(=O)cc(C)[nH]1.Cl. The molecule has 1 N–H and O–H groups in total. The first-order valence-corrected chi connectivity index (χ1v) is 2.86. The Morgan fingerprint density at radius 1 is 1.20 bits per heavy atom. The maximum atomic E-state index is 10.7. The van der Waals surface area contributed by atoms with Gasteiger partial charge in [0.2, 0.25) is 0 Å². The molecule has 1 aromatic rings. The summed E-state index contributed by atoms with van der Waals surface area (Å²) in [5.41, 5.74) is 1.91. The molecule has 1 heterocycles. The zero-order chi connectivity index (χ0) is 6.85. The van der Waals surface area contributed by atoms with Gasteiger partial charge in [-0.25, -0.2) is 0 Å². The molecular weight excluding hydrogens is 150 g/mol. The van der Waals surface area contributed by atoms with Crippen LogP contribution in [0.2, 0.25) is 0 Å². The van der Waals surface area contributed by atoms with Crippen LogP contribution in [0.25, 0.3) is 0 Å². The van der Waals surface area contributed by atoms with Crippen molar-refractivity contribution >= 4 is 12.4 Å². The Bertz CT molecular complexity index is 243. The molecule has 0 fully saturated rings.